The molecule has 2 heterocycles. The highest BCUT2D eigenvalue weighted by molar-refractivity contribution is 5.85. The summed E-state index contributed by atoms with van der Waals surface area (Å²) in [6.07, 6.45) is 4.63. The summed E-state index contributed by atoms with van der Waals surface area (Å²) in [5.41, 5.74) is 4.79. The van der Waals surface area contributed by atoms with E-state index in [0.29, 0.717) is 12.3 Å². The first-order chi connectivity index (χ1) is 13.1. The summed E-state index contributed by atoms with van der Waals surface area (Å²) in [6, 6.07) is 14.4. The highest BCUT2D eigenvalue weighted by Crippen LogP contribution is 2.34. The molecule has 2 aromatic carbocycles. The second-order valence-corrected chi connectivity index (χ2v) is 7.48. The summed E-state index contributed by atoms with van der Waals surface area (Å²) < 4.78 is 5.38. The Morgan fingerprint density at radius 3 is 2.74 bits per heavy atom. The fourth-order valence-corrected chi connectivity index (χ4v) is 4.13. The molecule has 0 bridgehead atoms. The number of amides is 1. The predicted molar refractivity (Wildman–Crippen MR) is 108 cm³/mol. The molecule has 1 aromatic heterocycles. The summed E-state index contributed by atoms with van der Waals surface area (Å²) in [7, 11) is 1.70. The molecule has 1 amide bonds. The van der Waals surface area contributed by atoms with Crippen LogP contribution in [-0.2, 0) is 11.2 Å². The van der Waals surface area contributed by atoms with Crippen molar-refractivity contribution in [3.63, 3.8) is 0 Å². The van der Waals surface area contributed by atoms with E-state index in [9.17, 15) is 4.79 Å². The first kappa shape index (κ1) is 17.7. The predicted octanol–water partition coefficient (Wildman–Crippen LogP) is 4.43. The van der Waals surface area contributed by atoms with Crippen molar-refractivity contribution in [2.75, 3.05) is 20.2 Å². The van der Waals surface area contributed by atoms with Crippen LogP contribution >= 0.6 is 0 Å². The second-order valence-electron chi connectivity index (χ2n) is 7.48. The smallest absolute Gasteiger partial charge is 0.226 e. The third-order valence-corrected chi connectivity index (χ3v) is 5.65. The Labute approximate surface area is 160 Å². The van der Waals surface area contributed by atoms with Crippen LogP contribution in [0.2, 0.25) is 0 Å². The summed E-state index contributed by atoms with van der Waals surface area (Å²) in [5, 5.41) is 1.24. The Kier molecular flexibility index (Phi) is 4.88. The number of nitrogens with one attached hydrogen (secondary N) is 1. The van der Waals surface area contributed by atoms with E-state index in [1.165, 1.54) is 16.5 Å². The lowest BCUT2D eigenvalue weighted by atomic mass is 9.89. The van der Waals surface area contributed by atoms with Crippen molar-refractivity contribution in [3.8, 4) is 5.75 Å². The van der Waals surface area contributed by atoms with Gasteiger partial charge in [-0.25, -0.2) is 0 Å². The number of aromatic nitrogens is 1. The third-order valence-electron chi connectivity index (χ3n) is 5.65. The van der Waals surface area contributed by atoms with Crippen LogP contribution < -0.4 is 4.74 Å². The number of ether oxygens (including phenoxy) is 1. The zero-order valence-corrected chi connectivity index (χ0v) is 16.0. The van der Waals surface area contributed by atoms with E-state index >= 15 is 0 Å². The van der Waals surface area contributed by atoms with Gasteiger partial charge in [0, 0.05) is 30.2 Å². The molecular formula is C23H26N2O2. The maximum Gasteiger partial charge on any atom is 0.226 e. The van der Waals surface area contributed by atoms with Crippen LogP contribution in [0, 0.1) is 6.92 Å². The minimum atomic E-state index is 0.236. The van der Waals surface area contributed by atoms with Gasteiger partial charge in [-0.2, -0.15) is 0 Å². The first-order valence-electron chi connectivity index (χ1n) is 9.62. The van der Waals surface area contributed by atoms with Crippen LogP contribution in [0.25, 0.3) is 10.9 Å². The SMILES string of the molecule is COc1ccc2[nH]cc(C3CCN(C(=O)Cc4cccc(C)c4)CC3)c2c1. The number of piperidine rings is 1. The van der Waals surface area contributed by atoms with E-state index in [2.05, 4.69) is 42.4 Å². The average molecular weight is 362 g/mol. The molecule has 0 saturated carbocycles. The molecule has 0 aliphatic carbocycles. The van der Waals surface area contributed by atoms with E-state index < -0.39 is 0 Å². The van der Waals surface area contributed by atoms with Gasteiger partial charge in [0.25, 0.3) is 0 Å². The van der Waals surface area contributed by atoms with Crippen molar-refractivity contribution in [2.24, 2.45) is 0 Å². The monoisotopic (exact) mass is 362 g/mol. The number of likely N-dealkylation sites (tertiary alicyclic amines) is 1. The fourth-order valence-electron chi connectivity index (χ4n) is 4.13. The van der Waals surface area contributed by atoms with Gasteiger partial charge in [0.2, 0.25) is 5.91 Å². The number of aryl methyl sites for hydroxylation is 1. The number of hydrogen-bond donors (Lipinski definition) is 1. The van der Waals surface area contributed by atoms with E-state index in [-0.39, 0.29) is 5.91 Å². The molecule has 1 aliphatic heterocycles. The zero-order valence-electron chi connectivity index (χ0n) is 16.0. The Morgan fingerprint density at radius 2 is 2.00 bits per heavy atom. The minimum Gasteiger partial charge on any atom is -0.497 e. The van der Waals surface area contributed by atoms with Crippen molar-refractivity contribution >= 4 is 16.8 Å². The maximum absolute atomic E-state index is 12.7. The lowest BCUT2D eigenvalue weighted by molar-refractivity contribution is -0.131. The maximum atomic E-state index is 12.7. The van der Waals surface area contributed by atoms with Gasteiger partial charge >= 0.3 is 0 Å². The quantitative estimate of drug-likeness (QED) is 0.746. The summed E-state index contributed by atoms with van der Waals surface area (Å²) in [5.74, 6) is 1.60. The zero-order chi connectivity index (χ0) is 18.8. The summed E-state index contributed by atoms with van der Waals surface area (Å²) in [6.45, 7) is 3.72. The number of benzene rings is 2. The Hall–Kier alpha value is -2.75. The molecule has 0 spiro atoms. The van der Waals surface area contributed by atoms with Gasteiger partial charge in [-0.05, 0) is 55.0 Å². The Morgan fingerprint density at radius 1 is 1.19 bits per heavy atom. The van der Waals surface area contributed by atoms with E-state index in [0.717, 1.165) is 42.8 Å². The van der Waals surface area contributed by atoms with Gasteiger partial charge in [0.1, 0.15) is 5.75 Å². The highest BCUT2D eigenvalue weighted by Gasteiger charge is 2.25. The summed E-state index contributed by atoms with van der Waals surface area (Å²) in [4.78, 5) is 18.1. The topological polar surface area (TPSA) is 45.3 Å². The van der Waals surface area contributed by atoms with Crippen molar-refractivity contribution in [3.05, 3.63) is 65.4 Å². The normalized spacial score (nSPS) is 15.3. The number of aromatic amines is 1. The van der Waals surface area contributed by atoms with Crippen LogP contribution in [0.4, 0.5) is 0 Å². The molecule has 27 heavy (non-hydrogen) atoms. The Balaban J connectivity index is 1.42. The van der Waals surface area contributed by atoms with E-state index in [1.54, 1.807) is 7.11 Å². The summed E-state index contributed by atoms with van der Waals surface area (Å²) >= 11 is 0. The highest BCUT2D eigenvalue weighted by atomic mass is 16.5. The number of methoxy groups -OCH3 is 1. The van der Waals surface area contributed by atoms with Crippen LogP contribution in [0.15, 0.2) is 48.7 Å². The minimum absolute atomic E-state index is 0.236. The third kappa shape index (κ3) is 3.70. The van der Waals surface area contributed by atoms with Gasteiger partial charge in [0.05, 0.1) is 13.5 Å². The number of rotatable bonds is 4. The van der Waals surface area contributed by atoms with Crippen LogP contribution in [-0.4, -0.2) is 36.0 Å². The number of hydrogen-bond acceptors (Lipinski definition) is 2. The lowest BCUT2D eigenvalue weighted by Gasteiger charge is -2.32. The molecule has 1 aliphatic rings. The average Bonchev–Trinajstić information content (AvgIpc) is 3.11. The molecule has 4 heteroatoms. The van der Waals surface area contributed by atoms with Crippen molar-refractivity contribution < 1.29 is 9.53 Å². The number of carbonyl (C=O) groups is 1. The molecule has 4 nitrogen and oxygen atoms in total. The fraction of sp³-hybridized carbons (Fsp3) is 0.348. The van der Waals surface area contributed by atoms with Gasteiger partial charge in [-0.1, -0.05) is 29.8 Å². The molecule has 140 valence electrons. The molecule has 4 rings (SSSR count). The standard InChI is InChI=1S/C23H26N2O2/c1-16-4-3-5-17(12-16)13-23(26)25-10-8-18(9-11-25)21-15-24-22-7-6-19(27-2)14-20(21)22/h3-7,12,14-15,18,24H,8-11,13H2,1-2H3. The molecule has 0 atom stereocenters. The van der Waals surface area contributed by atoms with Gasteiger partial charge < -0.3 is 14.6 Å². The van der Waals surface area contributed by atoms with Crippen molar-refractivity contribution in [1.82, 2.24) is 9.88 Å². The Bertz CT molecular complexity index is 952. The molecule has 0 unspecified atom stereocenters. The van der Waals surface area contributed by atoms with Gasteiger partial charge in [0.15, 0.2) is 0 Å². The molecular weight excluding hydrogens is 336 g/mol. The number of nitrogens with zero attached hydrogens (tertiary/aromatic N) is 1. The molecule has 1 saturated heterocycles. The van der Waals surface area contributed by atoms with Crippen LogP contribution in [0.3, 0.4) is 0 Å². The van der Waals surface area contributed by atoms with Crippen molar-refractivity contribution in [1.29, 1.82) is 0 Å². The molecule has 0 radical (unpaired) electrons. The molecule has 3 aromatic rings. The van der Waals surface area contributed by atoms with E-state index in [1.807, 2.05) is 23.1 Å². The van der Waals surface area contributed by atoms with Gasteiger partial charge in [-0.15, -0.1) is 0 Å². The van der Waals surface area contributed by atoms with E-state index in [4.69, 9.17) is 4.74 Å². The van der Waals surface area contributed by atoms with Crippen molar-refractivity contribution in [2.45, 2.75) is 32.1 Å². The van der Waals surface area contributed by atoms with Crippen LogP contribution in [0.1, 0.15) is 35.4 Å². The number of carbonyl (C=O) groups excluding carboxylic acids is 1. The largest absolute Gasteiger partial charge is 0.497 e. The first-order valence-corrected chi connectivity index (χ1v) is 9.62. The number of H-pyrrole nitrogens is 1. The van der Waals surface area contributed by atoms with Crippen LogP contribution in [0.5, 0.6) is 5.75 Å². The second kappa shape index (κ2) is 7.47. The van der Waals surface area contributed by atoms with Gasteiger partial charge in [-0.3, -0.25) is 4.79 Å². The molecule has 1 fully saturated rings. The lowest BCUT2D eigenvalue weighted by Crippen LogP contribution is -2.38. The number of fused-ring (bicyclic) bond motifs is 1. The molecule has 1 N–H and O–H groups in total.